The maximum Gasteiger partial charge on any atom is 0.321 e. The molecule has 0 aromatic heterocycles. The number of anilines is 1. The lowest BCUT2D eigenvalue weighted by Gasteiger charge is -2.17. The molecule has 0 aliphatic rings. The van der Waals surface area contributed by atoms with Crippen molar-refractivity contribution in [3.63, 3.8) is 0 Å². The number of benzene rings is 1. The Morgan fingerprint density at radius 1 is 1.47 bits per heavy atom. The number of nitrogens with one attached hydrogen (secondary N) is 1. The van der Waals surface area contributed by atoms with Crippen molar-refractivity contribution in [3.8, 4) is 0 Å². The predicted molar refractivity (Wildman–Crippen MR) is 69.5 cm³/mol. The van der Waals surface area contributed by atoms with Crippen LogP contribution in [0.2, 0.25) is 0 Å². The van der Waals surface area contributed by atoms with E-state index in [0.717, 1.165) is 0 Å². The Kier molecular flexibility index (Phi) is 4.84. The van der Waals surface area contributed by atoms with Crippen LogP contribution in [0.3, 0.4) is 0 Å². The first-order valence-corrected chi connectivity index (χ1v) is 5.46. The highest BCUT2D eigenvalue weighted by Gasteiger charge is 2.08. The second-order valence-electron chi connectivity index (χ2n) is 3.57. The van der Waals surface area contributed by atoms with Crippen LogP contribution in [-0.4, -0.2) is 29.5 Å². The van der Waals surface area contributed by atoms with E-state index >= 15 is 0 Å². The molecular formula is C11H14FN3OS. The second-order valence-corrected chi connectivity index (χ2v) is 4.10. The smallest absolute Gasteiger partial charge is 0.321 e. The highest BCUT2D eigenvalue weighted by molar-refractivity contribution is 7.80. The van der Waals surface area contributed by atoms with Crippen LogP contribution in [0, 0.1) is 5.82 Å². The number of nitrogens with two attached hydrogens (primary N) is 1. The monoisotopic (exact) mass is 255 g/mol. The minimum Gasteiger partial charge on any atom is -0.393 e. The van der Waals surface area contributed by atoms with E-state index in [9.17, 15) is 9.18 Å². The molecule has 0 unspecified atom stereocenters. The van der Waals surface area contributed by atoms with Crippen LogP contribution in [-0.2, 0) is 0 Å². The lowest BCUT2D eigenvalue weighted by Crippen LogP contribution is -2.33. The summed E-state index contributed by atoms with van der Waals surface area (Å²) in [5, 5.41) is 2.63. The highest BCUT2D eigenvalue weighted by Crippen LogP contribution is 2.08. The van der Waals surface area contributed by atoms with Crippen LogP contribution < -0.4 is 11.1 Å². The zero-order valence-corrected chi connectivity index (χ0v) is 10.3. The second kappa shape index (κ2) is 6.15. The summed E-state index contributed by atoms with van der Waals surface area (Å²) in [6, 6.07) is 5.27. The summed E-state index contributed by atoms with van der Waals surface area (Å²) in [6.45, 7) is 0.447. The normalized spacial score (nSPS) is 9.76. The number of amides is 2. The number of rotatable bonds is 4. The zero-order chi connectivity index (χ0) is 12.8. The topological polar surface area (TPSA) is 58.4 Å². The molecule has 0 saturated heterocycles. The van der Waals surface area contributed by atoms with Gasteiger partial charge in [0.2, 0.25) is 0 Å². The molecule has 0 spiro atoms. The van der Waals surface area contributed by atoms with Crippen molar-refractivity contribution in [2.24, 2.45) is 5.73 Å². The van der Waals surface area contributed by atoms with Gasteiger partial charge in [0.15, 0.2) is 0 Å². The number of carbonyl (C=O) groups excluding carboxylic acids is 1. The maximum absolute atomic E-state index is 12.6. The molecule has 0 atom stereocenters. The van der Waals surface area contributed by atoms with Gasteiger partial charge in [-0.1, -0.05) is 12.2 Å². The summed E-state index contributed by atoms with van der Waals surface area (Å²) < 4.78 is 12.6. The summed E-state index contributed by atoms with van der Waals surface area (Å²) >= 11 is 4.72. The van der Waals surface area contributed by atoms with Gasteiger partial charge < -0.3 is 16.0 Å². The summed E-state index contributed by atoms with van der Waals surface area (Å²) in [5.74, 6) is -0.343. The molecule has 4 nitrogen and oxygen atoms in total. The van der Waals surface area contributed by atoms with Gasteiger partial charge in [-0.05, 0) is 24.3 Å². The predicted octanol–water partition coefficient (Wildman–Crippen LogP) is 1.97. The third-order valence-corrected chi connectivity index (χ3v) is 2.34. The van der Waals surface area contributed by atoms with E-state index in [1.807, 2.05) is 0 Å². The summed E-state index contributed by atoms with van der Waals surface area (Å²) in [7, 11) is 1.64. The van der Waals surface area contributed by atoms with Crippen LogP contribution >= 0.6 is 12.2 Å². The quantitative estimate of drug-likeness (QED) is 0.809. The van der Waals surface area contributed by atoms with Gasteiger partial charge in [-0.3, -0.25) is 0 Å². The third-order valence-electron chi connectivity index (χ3n) is 2.14. The minimum absolute atomic E-state index is 0.284. The largest absolute Gasteiger partial charge is 0.393 e. The van der Waals surface area contributed by atoms with Gasteiger partial charge in [0.1, 0.15) is 5.82 Å². The van der Waals surface area contributed by atoms with Crippen molar-refractivity contribution in [3.05, 3.63) is 30.1 Å². The first-order valence-electron chi connectivity index (χ1n) is 5.05. The van der Waals surface area contributed by atoms with Gasteiger partial charge in [0.25, 0.3) is 0 Å². The van der Waals surface area contributed by atoms with Gasteiger partial charge in [0, 0.05) is 25.7 Å². The Labute approximate surface area is 105 Å². The average Bonchev–Trinajstić information content (AvgIpc) is 2.28. The van der Waals surface area contributed by atoms with Crippen molar-refractivity contribution in [1.82, 2.24) is 4.90 Å². The van der Waals surface area contributed by atoms with Gasteiger partial charge in [-0.25, -0.2) is 9.18 Å². The van der Waals surface area contributed by atoms with E-state index in [4.69, 9.17) is 18.0 Å². The number of hydrogen-bond donors (Lipinski definition) is 2. The average molecular weight is 255 g/mol. The molecule has 1 aromatic carbocycles. The number of carbonyl (C=O) groups is 1. The lowest BCUT2D eigenvalue weighted by atomic mass is 10.3. The molecule has 17 heavy (non-hydrogen) atoms. The molecular weight excluding hydrogens is 241 g/mol. The number of hydrogen-bond acceptors (Lipinski definition) is 2. The molecule has 0 radical (unpaired) electrons. The Balaban J connectivity index is 2.48. The van der Waals surface area contributed by atoms with E-state index in [2.05, 4.69) is 5.32 Å². The highest BCUT2D eigenvalue weighted by atomic mass is 32.1. The number of urea groups is 1. The Morgan fingerprint density at radius 3 is 2.59 bits per heavy atom. The standard InChI is InChI=1S/C11H14FN3OS/c1-15(7-6-10(13)17)11(16)14-9-4-2-8(12)3-5-9/h2-5H,6-7H2,1H3,(H2,13,17)(H,14,16). The van der Waals surface area contributed by atoms with Gasteiger partial charge >= 0.3 is 6.03 Å². The van der Waals surface area contributed by atoms with Crippen LogP contribution in [0.1, 0.15) is 6.42 Å². The fraction of sp³-hybridized carbons (Fsp3) is 0.273. The van der Waals surface area contributed by atoms with Crippen molar-refractivity contribution >= 4 is 28.9 Å². The van der Waals surface area contributed by atoms with E-state index in [-0.39, 0.29) is 11.8 Å². The van der Waals surface area contributed by atoms with Crippen molar-refractivity contribution in [2.75, 3.05) is 18.9 Å². The molecule has 3 N–H and O–H groups in total. The Morgan fingerprint density at radius 2 is 2.06 bits per heavy atom. The van der Waals surface area contributed by atoms with Crippen LogP contribution in [0.4, 0.5) is 14.9 Å². The molecule has 1 rings (SSSR count). The van der Waals surface area contributed by atoms with Gasteiger partial charge in [-0.2, -0.15) is 0 Å². The van der Waals surface area contributed by atoms with E-state index < -0.39 is 0 Å². The molecule has 0 saturated carbocycles. The Bertz CT molecular complexity index is 408. The molecule has 1 aromatic rings. The van der Waals surface area contributed by atoms with E-state index in [1.54, 1.807) is 7.05 Å². The minimum atomic E-state index is -0.343. The van der Waals surface area contributed by atoms with Crippen molar-refractivity contribution < 1.29 is 9.18 Å². The number of nitrogens with zero attached hydrogens (tertiary/aromatic N) is 1. The Hall–Kier alpha value is -1.69. The zero-order valence-electron chi connectivity index (χ0n) is 9.44. The number of halogens is 1. The molecule has 0 heterocycles. The lowest BCUT2D eigenvalue weighted by molar-refractivity contribution is 0.223. The first kappa shape index (κ1) is 13.4. The van der Waals surface area contributed by atoms with Crippen LogP contribution in [0.15, 0.2) is 24.3 Å². The molecule has 92 valence electrons. The molecule has 0 aliphatic carbocycles. The fourth-order valence-electron chi connectivity index (χ4n) is 1.13. The van der Waals surface area contributed by atoms with E-state index in [0.29, 0.717) is 23.6 Å². The van der Waals surface area contributed by atoms with Gasteiger partial charge in [0.05, 0.1) is 4.99 Å². The summed E-state index contributed by atoms with van der Waals surface area (Å²) in [4.78, 5) is 13.5. The van der Waals surface area contributed by atoms with E-state index in [1.165, 1.54) is 29.2 Å². The first-order chi connectivity index (χ1) is 7.99. The number of thiocarbonyl (C=S) groups is 1. The molecule has 0 fully saturated rings. The molecule has 6 heteroatoms. The van der Waals surface area contributed by atoms with Crippen LogP contribution in [0.5, 0.6) is 0 Å². The fourth-order valence-corrected chi connectivity index (χ4v) is 1.22. The van der Waals surface area contributed by atoms with Gasteiger partial charge in [-0.15, -0.1) is 0 Å². The molecule has 2 amide bonds. The van der Waals surface area contributed by atoms with Crippen molar-refractivity contribution in [1.29, 1.82) is 0 Å². The van der Waals surface area contributed by atoms with Crippen molar-refractivity contribution in [2.45, 2.75) is 6.42 Å². The SMILES string of the molecule is CN(CCC(N)=S)C(=O)Nc1ccc(F)cc1. The maximum atomic E-state index is 12.6. The summed E-state index contributed by atoms with van der Waals surface area (Å²) in [6.07, 6.45) is 0.475. The molecule has 0 bridgehead atoms. The van der Waals surface area contributed by atoms with Crippen LogP contribution in [0.25, 0.3) is 0 Å². The third kappa shape index (κ3) is 4.78. The summed E-state index contributed by atoms with van der Waals surface area (Å²) in [5.41, 5.74) is 5.88. The molecule has 0 aliphatic heterocycles.